The number of nitrogens with one attached hydrogen (secondary N) is 1. The number of benzene rings is 1. The van der Waals surface area contributed by atoms with Crippen molar-refractivity contribution in [1.29, 1.82) is 0 Å². The van der Waals surface area contributed by atoms with Crippen LogP contribution in [-0.2, 0) is 14.8 Å². The van der Waals surface area contributed by atoms with Gasteiger partial charge in [0.15, 0.2) is 0 Å². The molecule has 0 aromatic heterocycles. The third kappa shape index (κ3) is 3.74. The maximum absolute atomic E-state index is 12.8. The maximum atomic E-state index is 12.8. The standard InChI is InChI=1S/C14H22N2O4S/c1-2-7-15-13-5-3-4-6-14(13)21(18,19)16-8-9-20-12(10-16)11-17/h3-6,12,15,17H,2,7-11H2,1H3. The lowest BCUT2D eigenvalue weighted by molar-refractivity contribution is -0.0304. The lowest BCUT2D eigenvalue weighted by atomic mass is 10.3. The number of aliphatic hydroxyl groups is 1. The summed E-state index contributed by atoms with van der Waals surface area (Å²) in [6, 6.07) is 6.91. The number of anilines is 1. The number of sulfonamides is 1. The van der Waals surface area contributed by atoms with Crippen LogP contribution in [0.2, 0.25) is 0 Å². The van der Waals surface area contributed by atoms with Crippen molar-refractivity contribution >= 4 is 15.7 Å². The summed E-state index contributed by atoms with van der Waals surface area (Å²) in [5.41, 5.74) is 0.617. The Bertz CT molecular complexity index is 562. The molecule has 118 valence electrons. The third-order valence-corrected chi connectivity index (χ3v) is 5.30. The van der Waals surface area contributed by atoms with E-state index in [1.165, 1.54) is 4.31 Å². The van der Waals surface area contributed by atoms with Crippen molar-refractivity contribution in [2.24, 2.45) is 0 Å². The smallest absolute Gasteiger partial charge is 0.245 e. The molecule has 0 bridgehead atoms. The summed E-state index contributed by atoms with van der Waals surface area (Å²) < 4.78 is 32.3. The molecule has 0 amide bonds. The number of rotatable bonds is 6. The Morgan fingerprint density at radius 1 is 1.43 bits per heavy atom. The van der Waals surface area contributed by atoms with E-state index in [4.69, 9.17) is 9.84 Å². The van der Waals surface area contributed by atoms with Gasteiger partial charge in [-0.05, 0) is 18.6 Å². The van der Waals surface area contributed by atoms with Crippen LogP contribution in [0.4, 0.5) is 5.69 Å². The molecule has 2 N–H and O–H groups in total. The molecule has 1 unspecified atom stereocenters. The van der Waals surface area contributed by atoms with E-state index < -0.39 is 16.1 Å². The predicted octanol–water partition coefficient (Wildman–Crippen LogP) is 0.890. The van der Waals surface area contributed by atoms with Gasteiger partial charge in [-0.15, -0.1) is 0 Å². The molecule has 21 heavy (non-hydrogen) atoms. The van der Waals surface area contributed by atoms with Crippen molar-refractivity contribution in [3.05, 3.63) is 24.3 Å². The van der Waals surface area contributed by atoms with Crippen LogP contribution < -0.4 is 5.32 Å². The number of para-hydroxylation sites is 1. The lowest BCUT2D eigenvalue weighted by Crippen LogP contribution is -2.46. The molecular weight excluding hydrogens is 292 g/mol. The van der Waals surface area contributed by atoms with Crippen molar-refractivity contribution in [1.82, 2.24) is 4.31 Å². The fraction of sp³-hybridized carbons (Fsp3) is 0.571. The number of ether oxygens (including phenoxy) is 1. The number of hydrogen-bond acceptors (Lipinski definition) is 5. The van der Waals surface area contributed by atoms with Gasteiger partial charge in [0, 0.05) is 19.6 Å². The average Bonchev–Trinajstić information content (AvgIpc) is 2.53. The summed E-state index contributed by atoms with van der Waals surface area (Å²) in [5.74, 6) is 0. The Morgan fingerprint density at radius 2 is 2.19 bits per heavy atom. The van der Waals surface area contributed by atoms with E-state index in [-0.39, 0.29) is 18.0 Å². The second kappa shape index (κ2) is 7.22. The Morgan fingerprint density at radius 3 is 2.90 bits per heavy atom. The fourth-order valence-electron chi connectivity index (χ4n) is 2.26. The Labute approximate surface area is 125 Å². The monoisotopic (exact) mass is 314 g/mol. The summed E-state index contributed by atoms with van der Waals surface area (Å²) in [5, 5.41) is 12.3. The molecule has 1 aromatic rings. The zero-order chi connectivity index (χ0) is 15.3. The highest BCUT2D eigenvalue weighted by Crippen LogP contribution is 2.25. The number of nitrogens with zero attached hydrogens (tertiary/aromatic N) is 1. The van der Waals surface area contributed by atoms with E-state index >= 15 is 0 Å². The van der Waals surface area contributed by atoms with Crippen LogP contribution in [0.25, 0.3) is 0 Å². The van der Waals surface area contributed by atoms with Gasteiger partial charge in [-0.3, -0.25) is 0 Å². The first kappa shape index (κ1) is 16.2. The summed E-state index contributed by atoms with van der Waals surface area (Å²) in [7, 11) is -3.59. The first-order chi connectivity index (χ1) is 10.1. The number of hydrogen-bond donors (Lipinski definition) is 2. The van der Waals surface area contributed by atoms with Gasteiger partial charge in [-0.1, -0.05) is 19.1 Å². The summed E-state index contributed by atoms with van der Waals surface area (Å²) >= 11 is 0. The fourth-order valence-corrected chi connectivity index (χ4v) is 3.88. The number of morpholine rings is 1. The van der Waals surface area contributed by atoms with Crippen molar-refractivity contribution in [3.63, 3.8) is 0 Å². The summed E-state index contributed by atoms with van der Waals surface area (Å²) in [6.45, 7) is 3.35. The quantitative estimate of drug-likeness (QED) is 0.815. The molecule has 0 spiro atoms. The minimum atomic E-state index is -3.59. The molecule has 6 nitrogen and oxygen atoms in total. The maximum Gasteiger partial charge on any atom is 0.245 e. The Balaban J connectivity index is 2.26. The first-order valence-electron chi connectivity index (χ1n) is 7.15. The minimum Gasteiger partial charge on any atom is -0.394 e. The molecule has 1 heterocycles. The summed E-state index contributed by atoms with van der Waals surface area (Å²) in [6.07, 6.45) is 0.461. The van der Waals surface area contributed by atoms with Crippen LogP contribution in [0.3, 0.4) is 0 Å². The van der Waals surface area contributed by atoms with Gasteiger partial charge in [-0.25, -0.2) is 8.42 Å². The van der Waals surface area contributed by atoms with E-state index in [1.807, 2.05) is 13.0 Å². The van der Waals surface area contributed by atoms with Crippen molar-refractivity contribution < 1.29 is 18.3 Å². The van der Waals surface area contributed by atoms with Gasteiger partial charge in [0.25, 0.3) is 0 Å². The molecule has 0 aliphatic carbocycles. The highest BCUT2D eigenvalue weighted by molar-refractivity contribution is 7.89. The second-order valence-electron chi connectivity index (χ2n) is 4.96. The molecule has 0 saturated carbocycles. The molecule has 1 atom stereocenters. The molecule has 1 saturated heterocycles. The zero-order valence-corrected chi connectivity index (χ0v) is 13.0. The lowest BCUT2D eigenvalue weighted by Gasteiger charge is -2.31. The molecule has 1 aliphatic rings. The largest absolute Gasteiger partial charge is 0.394 e. The van der Waals surface area contributed by atoms with Crippen LogP contribution >= 0.6 is 0 Å². The highest BCUT2D eigenvalue weighted by Gasteiger charge is 2.31. The Hall–Kier alpha value is -1.15. The van der Waals surface area contributed by atoms with Crippen LogP contribution in [0.1, 0.15) is 13.3 Å². The SMILES string of the molecule is CCCNc1ccccc1S(=O)(=O)N1CCOC(CO)C1. The van der Waals surface area contributed by atoms with Gasteiger partial charge in [0.1, 0.15) is 4.90 Å². The molecular formula is C14H22N2O4S. The van der Waals surface area contributed by atoms with E-state index in [0.717, 1.165) is 13.0 Å². The molecule has 1 aliphatic heterocycles. The van der Waals surface area contributed by atoms with E-state index in [0.29, 0.717) is 18.8 Å². The van der Waals surface area contributed by atoms with Gasteiger partial charge < -0.3 is 15.2 Å². The number of aliphatic hydroxyl groups excluding tert-OH is 1. The van der Waals surface area contributed by atoms with Gasteiger partial charge in [0.05, 0.1) is 25.0 Å². The van der Waals surface area contributed by atoms with E-state index in [2.05, 4.69) is 5.32 Å². The summed E-state index contributed by atoms with van der Waals surface area (Å²) in [4.78, 5) is 0.275. The van der Waals surface area contributed by atoms with Gasteiger partial charge in [0.2, 0.25) is 10.0 Å². The molecule has 0 radical (unpaired) electrons. The average molecular weight is 314 g/mol. The predicted molar refractivity (Wildman–Crippen MR) is 80.8 cm³/mol. The van der Waals surface area contributed by atoms with Crippen LogP contribution in [0, 0.1) is 0 Å². The molecule has 2 rings (SSSR count). The Kier molecular flexibility index (Phi) is 5.58. The topological polar surface area (TPSA) is 78.9 Å². The molecule has 7 heteroatoms. The van der Waals surface area contributed by atoms with Crippen molar-refractivity contribution in [3.8, 4) is 0 Å². The highest BCUT2D eigenvalue weighted by atomic mass is 32.2. The van der Waals surface area contributed by atoms with Crippen molar-refractivity contribution in [2.45, 2.75) is 24.3 Å². The normalized spacial score (nSPS) is 20.4. The molecule has 1 aromatic carbocycles. The van der Waals surface area contributed by atoms with Gasteiger partial charge in [-0.2, -0.15) is 4.31 Å². The van der Waals surface area contributed by atoms with Crippen LogP contribution in [0.5, 0.6) is 0 Å². The van der Waals surface area contributed by atoms with Crippen LogP contribution in [-0.4, -0.2) is 56.8 Å². The van der Waals surface area contributed by atoms with E-state index in [9.17, 15) is 8.42 Å². The van der Waals surface area contributed by atoms with E-state index in [1.54, 1.807) is 18.2 Å². The van der Waals surface area contributed by atoms with Gasteiger partial charge >= 0.3 is 0 Å². The zero-order valence-electron chi connectivity index (χ0n) is 12.2. The minimum absolute atomic E-state index is 0.179. The first-order valence-corrected chi connectivity index (χ1v) is 8.59. The van der Waals surface area contributed by atoms with Crippen LogP contribution in [0.15, 0.2) is 29.2 Å². The second-order valence-corrected chi connectivity index (χ2v) is 6.87. The van der Waals surface area contributed by atoms with Crippen molar-refractivity contribution in [2.75, 3.05) is 38.2 Å². The third-order valence-electron chi connectivity index (χ3n) is 3.38. The molecule has 1 fully saturated rings.